The minimum Gasteiger partial charge on any atom is -0.324 e. The van der Waals surface area contributed by atoms with Crippen LogP contribution in [0.15, 0.2) is 28.8 Å². The Labute approximate surface area is 87.6 Å². The van der Waals surface area contributed by atoms with Crippen molar-refractivity contribution in [3.63, 3.8) is 0 Å². The Morgan fingerprint density at radius 1 is 1.29 bits per heavy atom. The minimum absolute atomic E-state index is 0.0588. The summed E-state index contributed by atoms with van der Waals surface area (Å²) in [6, 6.07) is 0.398. The predicted octanol–water partition coefficient (Wildman–Crippen LogP) is 2.71. The monoisotopic (exact) mass is 194 g/mol. The van der Waals surface area contributed by atoms with Gasteiger partial charge in [0, 0.05) is 17.8 Å². The highest BCUT2D eigenvalue weighted by Gasteiger charge is 1.99. The van der Waals surface area contributed by atoms with E-state index in [-0.39, 0.29) is 6.04 Å². The van der Waals surface area contributed by atoms with Crippen LogP contribution in [0.5, 0.6) is 0 Å². The molecule has 80 valence electrons. The van der Waals surface area contributed by atoms with Crippen LogP contribution in [0, 0.1) is 0 Å². The number of hydrogen-bond donors (Lipinski definition) is 1. The van der Waals surface area contributed by atoms with E-state index < -0.39 is 0 Å². The van der Waals surface area contributed by atoms with E-state index in [1.807, 2.05) is 39.0 Å². The van der Waals surface area contributed by atoms with Crippen molar-refractivity contribution in [2.24, 2.45) is 10.7 Å². The zero-order valence-corrected chi connectivity index (χ0v) is 9.91. The lowest BCUT2D eigenvalue weighted by atomic mass is 10.1. The molecule has 2 N–H and O–H groups in total. The highest BCUT2D eigenvalue weighted by molar-refractivity contribution is 5.94. The smallest absolute Gasteiger partial charge is 0.0446 e. The van der Waals surface area contributed by atoms with Gasteiger partial charge in [0.25, 0.3) is 0 Å². The van der Waals surface area contributed by atoms with Gasteiger partial charge >= 0.3 is 0 Å². The van der Waals surface area contributed by atoms with Crippen LogP contribution in [-0.2, 0) is 0 Å². The Kier molecular flexibility index (Phi) is 6.13. The lowest BCUT2D eigenvalue weighted by Crippen LogP contribution is -2.17. The van der Waals surface area contributed by atoms with Crippen molar-refractivity contribution in [2.75, 3.05) is 0 Å². The summed E-state index contributed by atoms with van der Waals surface area (Å²) in [5, 5.41) is 0. The van der Waals surface area contributed by atoms with Crippen molar-refractivity contribution >= 4 is 5.71 Å². The maximum atomic E-state index is 5.83. The summed E-state index contributed by atoms with van der Waals surface area (Å²) in [7, 11) is 0. The van der Waals surface area contributed by atoms with Crippen molar-refractivity contribution in [1.82, 2.24) is 0 Å². The first kappa shape index (κ1) is 13.1. The summed E-state index contributed by atoms with van der Waals surface area (Å²) in [6.45, 7) is 10.1. The van der Waals surface area contributed by atoms with Crippen LogP contribution in [-0.4, -0.2) is 17.8 Å². The van der Waals surface area contributed by atoms with Gasteiger partial charge in [-0.1, -0.05) is 12.2 Å². The Balaban J connectivity index is 4.73. The summed E-state index contributed by atoms with van der Waals surface area (Å²) in [5.41, 5.74) is 7.98. The summed E-state index contributed by atoms with van der Waals surface area (Å²) in [4.78, 5) is 4.43. The van der Waals surface area contributed by atoms with Gasteiger partial charge in [0.05, 0.1) is 0 Å². The Hall–Kier alpha value is -0.890. The zero-order valence-electron chi connectivity index (χ0n) is 9.91. The quantitative estimate of drug-likeness (QED) is 0.542. The van der Waals surface area contributed by atoms with E-state index in [1.165, 1.54) is 0 Å². The van der Waals surface area contributed by atoms with E-state index >= 15 is 0 Å². The Morgan fingerprint density at radius 2 is 1.86 bits per heavy atom. The summed E-state index contributed by atoms with van der Waals surface area (Å²) in [6.07, 6.45) is 6.08. The van der Waals surface area contributed by atoms with Gasteiger partial charge in [-0.05, 0) is 46.3 Å². The molecule has 0 saturated heterocycles. The molecule has 0 heterocycles. The average Bonchev–Trinajstić information content (AvgIpc) is 2.01. The first-order chi connectivity index (χ1) is 6.47. The topological polar surface area (TPSA) is 38.4 Å². The number of nitrogens with zero attached hydrogens (tertiary/aromatic N) is 1. The van der Waals surface area contributed by atoms with E-state index in [0.29, 0.717) is 6.04 Å². The summed E-state index contributed by atoms with van der Waals surface area (Å²) < 4.78 is 0. The van der Waals surface area contributed by atoms with Crippen molar-refractivity contribution < 1.29 is 0 Å². The maximum Gasteiger partial charge on any atom is 0.0446 e. The molecule has 2 nitrogen and oxygen atoms in total. The molecular weight excluding hydrogens is 172 g/mol. The van der Waals surface area contributed by atoms with E-state index in [0.717, 1.165) is 11.3 Å². The van der Waals surface area contributed by atoms with Gasteiger partial charge in [-0.25, -0.2) is 0 Å². The van der Waals surface area contributed by atoms with Crippen LogP contribution in [0.3, 0.4) is 0 Å². The second-order valence-electron chi connectivity index (χ2n) is 3.80. The molecule has 0 aliphatic rings. The SMILES string of the molecule is C/C=C/C(=C\C(C)=NC(C)C)C(C)N. The number of rotatable bonds is 4. The zero-order chi connectivity index (χ0) is 11.1. The maximum absolute atomic E-state index is 5.83. The molecule has 2 heteroatoms. The first-order valence-electron chi connectivity index (χ1n) is 5.11. The number of nitrogens with two attached hydrogens (primary N) is 1. The molecule has 0 aliphatic heterocycles. The van der Waals surface area contributed by atoms with Gasteiger partial charge in [0.2, 0.25) is 0 Å². The molecule has 0 fully saturated rings. The molecule has 0 aromatic carbocycles. The third-order valence-electron chi connectivity index (χ3n) is 1.72. The number of aliphatic imine (C=N–C) groups is 1. The van der Waals surface area contributed by atoms with E-state index in [4.69, 9.17) is 5.73 Å². The van der Waals surface area contributed by atoms with Crippen molar-refractivity contribution in [3.8, 4) is 0 Å². The first-order valence-corrected chi connectivity index (χ1v) is 5.11. The molecule has 0 amide bonds. The lowest BCUT2D eigenvalue weighted by Gasteiger charge is -2.07. The molecule has 14 heavy (non-hydrogen) atoms. The standard InChI is InChI=1S/C12H22N2/c1-6-7-12(11(5)13)8-10(4)14-9(2)3/h6-9,11H,13H2,1-5H3/b7-6+,12-8+,14-10?. The highest BCUT2D eigenvalue weighted by Crippen LogP contribution is 2.03. The Bertz CT molecular complexity index is 245. The molecule has 0 aromatic rings. The van der Waals surface area contributed by atoms with Crippen LogP contribution in [0.2, 0.25) is 0 Å². The molecule has 0 radical (unpaired) electrons. The molecule has 0 bridgehead atoms. The third kappa shape index (κ3) is 5.70. The Morgan fingerprint density at radius 3 is 2.21 bits per heavy atom. The molecule has 0 aliphatic carbocycles. The predicted molar refractivity (Wildman–Crippen MR) is 64.8 cm³/mol. The lowest BCUT2D eigenvalue weighted by molar-refractivity contribution is 0.835. The molecule has 1 unspecified atom stereocenters. The molecule has 0 aromatic heterocycles. The fraction of sp³-hybridized carbons (Fsp3) is 0.583. The minimum atomic E-state index is 0.0588. The van der Waals surface area contributed by atoms with E-state index in [2.05, 4.69) is 18.8 Å². The van der Waals surface area contributed by atoms with Crippen molar-refractivity contribution in [2.45, 2.75) is 46.7 Å². The van der Waals surface area contributed by atoms with Crippen LogP contribution in [0.1, 0.15) is 34.6 Å². The number of allylic oxidation sites excluding steroid dienone is 2. The van der Waals surface area contributed by atoms with Crippen LogP contribution >= 0.6 is 0 Å². The van der Waals surface area contributed by atoms with Crippen LogP contribution in [0.4, 0.5) is 0 Å². The average molecular weight is 194 g/mol. The molecular formula is C12H22N2. The molecule has 0 rings (SSSR count). The second kappa shape index (κ2) is 6.55. The largest absolute Gasteiger partial charge is 0.324 e. The summed E-state index contributed by atoms with van der Waals surface area (Å²) >= 11 is 0. The fourth-order valence-electron chi connectivity index (χ4n) is 1.21. The normalized spacial score (nSPS) is 16.8. The van der Waals surface area contributed by atoms with Crippen LogP contribution in [0.25, 0.3) is 0 Å². The second-order valence-corrected chi connectivity index (χ2v) is 3.80. The third-order valence-corrected chi connectivity index (χ3v) is 1.72. The van der Waals surface area contributed by atoms with Gasteiger partial charge in [0.1, 0.15) is 0 Å². The van der Waals surface area contributed by atoms with Crippen molar-refractivity contribution in [1.29, 1.82) is 0 Å². The van der Waals surface area contributed by atoms with Gasteiger partial charge in [-0.2, -0.15) is 0 Å². The molecule has 0 spiro atoms. The van der Waals surface area contributed by atoms with E-state index in [9.17, 15) is 0 Å². The van der Waals surface area contributed by atoms with Crippen molar-refractivity contribution in [3.05, 3.63) is 23.8 Å². The molecule has 1 atom stereocenters. The van der Waals surface area contributed by atoms with E-state index in [1.54, 1.807) is 0 Å². The number of hydrogen-bond acceptors (Lipinski definition) is 2. The fourth-order valence-corrected chi connectivity index (χ4v) is 1.21. The summed E-state index contributed by atoms with van der Waals surface area (Å²) in [5.74, 6) is 0. The van der Waals surface area contributed by atoms with Gasteiger partial charge < -0.3 is 5.73 Å². The van der Waals surface area contributed by atoms with Gasteiger partial charge in [0.15, 0.2) is 0 Å². The highest BCUT2D eigenvalue weighted by atomic mass is 14.8. The molecule has 0 saturated carbocycles. The van der Waals surface area contributed by atoms with Crippen LogP contribution < -0.4 is 5.73 Å². The van der Waals surface area contributed by atoms with Gasteiger partial charge in [-0.3, -0.25) is 4.99 Å². The van der Waals surface area contributed by atoms with Gasteiger partial charge in [-0.15, -0.1) is 0 Å².